The predicted molar refractivity (Wildman–Crippen MR) is 64.2 cm³/mol. The summed E-state index contributed by atoms with van der Waals surface area (Å²) < 4.78 is 0. The van der Waals surface area contributed by atoms with E-state index in [0.717, 1.165) is 6.42 Å². The summed E-state index contributed by atoms with van der Waals surface area (Å²) in [6, 6.07) is 8.52. The highest BCUT2D eigenvalue weighted by Crippen LogP contribution is 2.23. The van der Waals surface area contributed by atoms with E-state index >= 15 is 0 Å². The van der Waals surface area contributed by atoms with E-state index in [1.807, 2.05) is 6.07 Å². The average Bonchev–Trinajstić information content (AvgIpc) is 2.85. The van der Waals surface area contributed by atoms with Gasteiger partial charge in [0.05, 0.1) is 23.3 Å². The number of aliphatic carboxylic acids is 1. The van der Waals surface area contributed by atoms with Crippen LogP contribution in [0.15, 0.2) is 29.4 Å². The molecule has 18 heavy (non-hydrogen) atoms. The molecule has 0 aliphatic heterocycles. The topological polar surface area (TPSA) is 82.7 Å². The Kier molecular flexibility index (Phi) is 3.58. The van der Waals surface area contributed by atoms with Crippen LogP contribution >= 0.6 is 0 Å². The first-order valence-electron chi connectivity index (χ1n) is 5.67. The van der Waals surface area contributed by atoms with Gasteiger partial charge >= 0.3 is 5.97 Å². The van der Waals surface area contributed by atoms with E-state index in [1.54, 1.807) is 24.3 Å². The van der Waals surface area contributed by atoms with Crippen molar-refractivity contribution in [3.05, 3.63) is 29.8 Å². The minimum Gasteiger partial charge on any atom is -0.481 e. The maximum absolute atomic E-state index is 10.9. The van der Waals surface area contributed by atoms with Crippen molar-refractivity contribution in [1.82, 2.24) is 0 Å². The molecule has 0 aromatic heterocycles. The molecule has 1 unspecified atom stereocenters. The molecule has 1 fully saturated rings. The van der Waals surface area contributed by atoms with Crippen LogP contribution < -0.4 is 4.84 Å². The molecule has 1 N–H and O–H groups in total. The second kappa shape index (κ2) is 5.32. The first-order chi connectivity index (χ1) is 8.70. The van der Waals surface area contributed by atoms with E-state index in [4.69, 9.17) is 15.2 Å². The van der Waals surface area contributed by atoms with Gasteiger partial charge in [-0.1, -0.05) is 5.16 Å². The van der Waals surface area contributed by atoms with E-state index in [-0.39, 0.29) is 0 Å². The summed E-state index contributed by atoms with van der Waals surface area (Å²) in [6.07, 6.45) is 2.10. The maximum Gasteiger partial charge on any atom is 0.312 e. The normalized spacial score (nSPS) is 20.6. The van der Waals surface area contributed by atoms with Crippen LogP contribution in [-0.4, -0.2) is 16.8 Å². The Morgan fingerprint density at radius 1 is 1.44 bits per heavy atom. The number of carbonyl (C=O) groups is 1. The second-order valence-corrected chi connectivity index (χ2v) is 4.09. The molecule has 1 aromatic rings. The number of benzene rings is 1. The van der Waals surface area contributed by atoms with E-state index < -0.39 is 11.9 Å². The number of nitriles is 1. The highest BCUT2D eigenvalue weighted by Gasteiger charge is 2.29. The van der Waals surface area contributed by atoms with Gasteiger partial charge in [0, 0.05) is 0 Å². The van der Waals surface area contributed by atoms with Crippen molar-refractivity contribution in [1.29, 1.82) is 5.26 Å². The molecule has 0 spiro atoms. The SMILES string of the molecule is N#Cc1ccc(O/N=C2\CCCC2C(=O)O)cc1. The van der Waals surface area contributed by atoms with E-state index in [0.29, 0.717) is 29.9 Å². The quantitative estimate of drug-likeness (QED) is 0.826. The number of oxime groups is 1. The number of carboxylic acid groups (broad SMARTS) is 1. The van der Waals surface area contributed by atoms with Crippen molar-refractivity contribution in [3.63, 3.8) is 0 Å². The minimum absolute atomic E-state index is 0.498. The molecule has 0 bridgehead atoms. The molecule has 1 saturated carbocycles. The predicted octanol–water partition coefficient (Wildman–Crippen LogP) is 2.18. The summed E-state index contributed by atoms with van der Waals surface area (Å²) in [5.41, 5.74) is 1.12. The van der Waals surface area contributed by atoms with Crippen LogP contribution in [0.4, 0.5) is 0 Å². The number of hydrogen-bond donors (Lipinski definition) is 1. The standard InChI is InChI=1S/C13H12N2O3/c14-8-9-4-6-10(7-5-9)18-15-12-3-1-2-11(12)13(16)17/h4-7,11H,1-3H2,(H,16,17)/b15-12+. The van der Waals surface area contributed by atoms with Crippen LogP contribution in [-0.2, 0) is 4.79 Å². The second-order valence-electron chi connectivity index (χ2n) is 4.09. The summed E-state index contributed by atoms with van der Waals surface area (Å²) >= 11 is 0. The van der Waals surface area contributed by atoms with Crippen LogP contribution in [0.2, 0.25) is 0 Å². The van der Waals surface area contributed by atoms with Gasteiger partial charge in [0.25, 0.3) is 0 Å². The van der Waals surface area contributed by atoms with Gasteiger partial charge in [-0.15, -0.1) is 0 Å². The molecular weight excluding hydrogens is 232 g/mol. The molecular formula is C13H12N2O3. The van der Waals surface area contributed by atoms with E-state index in [2.05, 4.69) is 5.16 Å². The third kappa shape index (κ3) is 2.66. The Labute approximate surface area is 104 Å². The van der Waals surface area contributed by atoms with Crippen LogP contribution in [0.5, 0.6) is 5.75 Å². The van der Waals surface area contributed by atoms with Gasteiger partial charge in [0.2, 0.25) is 0 Å². The first-order valence-corrected chi connectivity index (χ1v) is 5.67. The van der Waals surface area contributed by atoms with E-state index in [9.17, 15) is 4.79 Å². The number of nitrogens with zero attached hydrogens (tertiary/aromatic N) is 2. The van der Waals surface area contributed by atoms with Gasteiger partial charge in [-0.3, -0.25) is 4.79 Å². The third-order valence-corrected chi connectivity index (χ3v) is 2.88. The monoisotopic (exact) mass is 244 g/mol. The summed E-state index contributed by atoms with van der Waals surface area (Å²) in [6.45, 7) is 0. The fourth-order valence-corrected chi connectivity index (χ4v) is 1.91. The lowest BCUT2D eigenvalue weighted by Crippen LogP contribution is -2.18. The summed E-state index contributed by atoms with van der Waals surface area (Å²) in [5.74, 6) is -0.879. The van der Waals surface area contributed by atoms with Crippen molar-refractivity contribution in [3.8, 4) is 11.8 Å². The molecule has 5 heteroatoms. The van der Waals surface area contributed by atoms with Gasteiger partial charge in [0.15, 0.2) is 5.75 Å². The van der Waals surface area contributed by atoms with Crippen molar-refractivity contribution >= 4 is 11.7 Å². The van der Waals surface area contributed by atoms with Crippen LogP contribution in [0, 0.1) is 17.2 Å². The van der Waals surface area contributed by atoms with Crippen molar-refractivity contribution in [2.75, 3.05) is 0 Å². The Balaban J connectivity index is 2.05. The fourth-order valence-electron chi connectivity index (χ4n) is 1.91. The molecule has 92 valence electrons. The number of carboxylic acids is 1. The average molecular weight is 244 g/mol. The Morgan fingerprint density at radius 2 is 2.17 bits per heavy atom. The highest BCUT2D eigenvalue weighted by molar-refractivity contribution is 6.02. The van der Waals surface area contributed by atoms with Crippen molar-refractivity contribution in [2.45, 2.75) is 19.3 Å². The summed E-state index contributed by atoms with van der Waals surface area (Å²) in [7, 11) is 0. The van der Waals surface area contributed by atoms with Crippen molar-refractivity contribution in [2.24, 2.45) is 11.1 Å². The lowest BCUT2D eigenvalue weighted by atomic mass is 10.1. The number of hydrogen-bond acceptors (Lipinski definition) is 4. The molecule has 0 heterocycles. The Morgan fingerprint density at radius 3 is 2.78 bits per heavy atom. The molecule has 0 radical (unpaired) electrons. The first kappa shape index (κ1) is 12.1. The molecule has 5 nitrogen and oxygen atoms in total. The lowest BCUT2D eigenvalue weighted by Gasteiger charge is -2.05. The molecule has 1 aliphatic carbocycles. The maximum atomic E-state index is 10.9. The Bertz CT molecular complexity index is 514. The van der Waals surface area contributed by atoms with Crippen LogP contribution in [0.3, 0.4) is 0 Å². The van der Waals surface area contributed by atoms with Gasteiger partial charge < -0.3 is 9.94 Å². The smallest absolute Gasteiger partial charge is 0.312 e. The summed E-state index contributed by atoms with van der Waals surface area (Å²) in [4.78, 5) is 16.1. The van der Waals surface area contributed by atoms with E-state index in [1.165, 1.54) is 0 Å². The highest BCUT2D eigenvalue weighted by atomic mass is 16.6. The molecule has 1 aliphatic rings. The van der Waals surface area contributed by atoms with Crippen LogP contribution in [0.1, 0.15) is 24.8 Å². The van der Waals surface area contributed by atoms with Crippen LogP contribution in [0.25, 0.3) is 0 Å². The molecule has 2 rings (SSSR count). The Hall–Kier alpha value is -2.35. The third-order valence-electron chi connectivity index (χ3n) is 2.88. The van der Waals surface area contributed by atoms with Gasteiger partial charge in [-0.2, -0.15) is 5.26 Å². The zero-order valence-corrected chi connectivity index (χ0v) is 9.67. The fraction of sp³-hybridized carbons (Fsp3) is 0.308. The summed E-state index contributed by atoms with van der Waals surface area (Å²) in [5, 5.41) is 21.5. The lowest BCUT2D eigenvalue weighted by molar-refractivity contribution is -0.139. The van der Waals surface area contributed by atoms with Gasteiger partial charge in [-0.05, 0) is 43.5 Å². The van der Waals surface area contributed by atoms with Gasteiger partial charge in [0.1, 0.15) is 0 Å². The number of rotatable bonds is 3. The molecule has 1 aromatic carbocycles. The zero-order valence-electron chi connectivity index (χ0n) is 9.67. The van der Waals surface area contributed by atoms with Crippen molar-refractivity contribution < 1.29 is 14.7 Å². The zero-order chi connectivity index (χ0) is 13.0. The molecule has 1 atom stereocenters. The molecule has 0 amide bonds. The molecule has 0 saturated heterocycles. The minimum atomic E-state index is -0.852. The van der Waals surface area contributed by atoms with Gasteiger partial charge in [-0.25, -0.2) is 0 Å². The largest absolute Gasteiger partial charge is 0.481 e.